The van der Waals surface area contributed by atoms with Crippen molar-refractivity contribution in [1.29, 1.82) is 0 Å². The second-order valence-corrected chi connectivity index (χ2v) is 7.51. The van der Waals surface area contributed by atoms with Crippen LogP contribution in [0.2, 0.25) is 0 Å². The average Bonchev–Trinajstić information content (AvgIpc) is 3.15. The molecule has 2 aromatic heterocycles. The highest BCUT2D eigenvalue weighted by atomic mass is 19.1. The number of benzene rings is 2. The summed E-state index contributed by atoms with van der Waals surface area (Å²) in [5.41, 5.74) is 4.61. The fourth-order valence-electron chi connectivity index (χ4n) is 3.49. The van der Waals surface area contributed by atoms with E-state index >= 15 is 0 Å². The van der Waals surface area contributed by atoms with Gasteiger partial charge < -0.3 is 15.2 Å². The molecule has 0 aliphatic heterocycles. The first-order valence-electron chi connectivity index (χ1n) is 10.0. The van der Waals surface area contributed by atoms with Gasteiger partial charge in [-0.3, -0.25) is 9.59 Å². The molecule has 0 saturated carbocycles. The van der Waals surface area contributed by atoms with Gasteiger partial charge in [-0.2, -0.15) is 0 Å². The molecule has 2 heterocycles. The molecular weight excluding hydrogens is 411 g/mol. The fourth-order valence-corrected chi connectivity index (χ4v) is 3.49. The molecule has 0 saturated heterocycles. The van der Waals surface area contributed by atoms with E-state index in [1.54, 1.807) is 25.1 Å². The van der Waals surface area contributed by atoms with Gasteiger partial charge in [0.15, 0.2) is 0 Å². The Hall–Kier alpha value is -4.07. The van der Waals surface area contributed by atoms with E-state index in [1.807, 2.05) is 32.0 Å². The normalized spacial score (nSPS) is 10.9. The molecule has 0 unspecified atom stereocenters. The second kappa shape index (κ2) is 8.58. The number of fused-ring (bicyclic) bond motifs is 1. The number of nitrogens with zero attached hydrogens (tertiary/aromatic N) is 2. The standard InChI is InChI=1S/C24H21FN4O3/c1-13-5-4-6-14(2)22(13)28-20(30)12-26-23(31)18-11-19(16-7-9-17(25)10-8-16)27-24-21(18)15(3)29-32-24/h4-11H,12H2,1-3H3,(H,26,31)(H,28,30). The van der Waals surface area contributed by atoms with Crippen LogP contribution in [0, 0.1) is 26.6 Å². The highest BCUT2D eigenvalue weighted by molar-refractivity contribution is 6.08. The molecule has 0 aliphatic carbocycles. The van der Waals surface area contributed by atoms with Crippen molar-refractivity contribution in [2.45, 2.75) is 20.8 Å². The van der Waals surface area contributed by atoms with E-state index in [9.17, 15) is 14.0 Å². The number of anilines is 1. The molecule has 0 fully saturated rings. The summed E-state index contributed by atoms with van der Waals surface area (Å²) in [5.74, 6) is -1.19. The zero-order valence-electron chi connectivity index (χ0n) is 17.8. The third-order valence-electron chi connectivity index (χ3n) is 5.16. The Morgan fingerprint density at radius 1 is 1.03 bits per heavy atom. The zero-order valence-corrected chi connectivity index (χ0v) is 17.8. The van der Waals surface area contributed by atoms with Crippen molar-refractivity contribution >= 4 is 28.6 Å². The van der Waals surface area contributed by atoms with Gasteiger partial charge in [0.05, 0.1) is 28.9 Å². The van der Waals surface area contributed by atoms with Gasteiger partial charge in [0.25, 0.3) is 11.6 Å². The smallest absolute Gasteiger partial charge is 0.259 e. The average molecular weight is 432 g/mol. The van der Waals surface area contributed by atoms with Crippen LogP contribution in [0.15, 0.2) is 53.1 Å². The summed E-state index contributed by atoms with van der Waals surface area (Å²) in [6.07, 6.45) is 0. The first kappa shape index (κ1) is 21.2. The molecule has 2 aromatic carbocycles. The van der Waals surface area contributed by atoms with E-state index < -0.39 is 5.91 Å². The summed E-state index contributed by atoms with van der Waals surface area (Å²) < 4.78 is 18.6. The number of pyridine rings is 1. The highest BCUT2D eigenvalue weighted by Gasteiger charge is 2.20. The number of halogens is 1. The lowest BCUT2D eigenvalue weighted by Crippen LogP contribution is -2.33. The predicted octanol–water partition coefficient (Wildman–Crippen LogP) is 4.32. The van der Waals surface area contributed by atoms with Gasteiger partial charge in [-0.15, -0.1) is 0 Å². The molecule has 0 aliphatic rings. The Morgan fingerprint density at radius 2 is 1.72 bits per heavy atom. The van der Waals surface area contributed by atoms with Crippen molar-refractivity contribution in [3.05, 3.63) is 76.7 Å². The summed E-state index contributed by atoms with van der Waals surface area (Å²) in [4.78, 5) is 29.8. The molecule has 4 aromatic rings. The van der Waals surface area contributed by atoms with Crippen LogP contribution in [0.4, 0.5) is 10.1 Å². The largest absolute Gasteiger partial charge is 0.343 e. The van der Waals surface area contributed by atoms with Crippen molar-refractivity contribution in [2.24, 2.45) is 0 Å². The lowest BCUT2D eigenvalue weighted by Gasteiger charge is -2.12. The molecule has 2 N–H and O–H groups in total. The van der Waals surface area contributed by atoms with Crippen LogP contribution in [0.1, 0.15) is 27.2 Å². The summed E-state index contributed by atoms with van der Waals surface area (Å²) >= 11 is 0. The first-order chi connectivity index (χ1) is 15.3. The number of nitrogens with one attached hydrogen (secondary N) is 2. The van der Waals surface area contributed by atoms with Gasteiger partial charge in [-0.1, -0.05) is 23.4 Å². The minimum Gasteiger partial charge on any atom is -0.343 e. The maximum absolute atomic E-state index is 13.3. The van der Waals surface area contributed by atoms with Gasteiger partial charge in [0.2, 0.25) is 5.91 Å². The summed E-state index contributed by atoms with van der Waals surface area (Å²) in [6.45, 7) is 5.29. The van der Waals surface area contributed by atoms with E-state index in [2.05, 4.69) is 20.8 Å². The lowest BCUT2D eigenvalue weighted by molar-refractivity contribution is -0.115. The Kier molecular flexibility index (Phi) is 5.68. The lowest BCUT2D eigenvalue weighted by atomic mass is 10.0. The SMILES string of the molecule is Cc1cccc(C)c1NC(=O)CNC(=O)c1cc(-c2ccc(F)cc2)nc2onc(C)c12. The summed E-state index contributed by atoms with van der Waals surface area (Å²) in [7, 11) is 0. The minimum atomic E-state index is -0.469. The monoisotopic (exact) mass is 432 g/mol. The molecule has 7 nitrogen and oxygen atoms in total. The molecule has 0 spiro atoms. The molecule has 32 heavy (non-hydrogen) atoms. The molecule has 162 valence electrons. The number of rotatable bonds is 5. The number of para-hydroxylation sites is 1. The van der Waals surface area contributed by atoms with E-state index in [-0.39, 0.29) is 29.5 Å². The van der Waals surface area contributed by atoms with E-state index in [4.69, 9.17) is 4.52 Å². The maximum Gasteiger partial charge on any atom is 0.259 e. The molecule has 0 radical (unpaired) electrons. The van der Waals surface area contributed by atoms with Crippen molar-refractivity contribution in [2.75, 3.05) is 11.9 Å². The number of hydrogen-bond acceptors (Lipinski definition) is 5. The van der Waals surface area contributed by atoms with Crippen LogP contribution in [0.3, 0.4) is 0 Å². The van der Waals surface area contributed by atoms with Crippen molar-refractivity contribution in [1.82, 2.24) is 15.5 Å². The Balaban J connectivity index is 1.58. The van der Waals surface area contributed by atoms with Crippen LogP contribution in [-0.2, 0) is 4.79 Å². The zero-order chi connectivity index (χ0) is 22.8. The fraction of sp³-hybridized carbons (Fsp3) is 0.167. The van der Waals surface area contributed by atoms with E-state index in [1.165, 1.54) is 12.1 Å². The number of carbonyl (C=O) groups is 2. The Morgan fingerprint density at radius 3 is 2.41 bits per heavy atom. The van der Waals surface area contributed by atoms with Crippen LogP contribution in [-0.4, -0.2) is 28.5 Å². The van der Waals surface area contributed by atoms with Gasteiger partial charge >= 0.3 is 0 Å². The summed E-state index contributed by atoms with van der Waals surface area (Å²) in [6, 6.07) is 13.0. The topological polar surface area (TPSA) is 97.1 Å². The molecule has 8 heteroatoms. The quantitative estimate of drug-likeness (QED) is 0.489. The molecule has 0 bridgehead atoms. The third-order valence-corrected chi connectivity index (χ3v) is 5.16. The number of amides is 2. The predicted molar refractivity (Wildman–Crippen MR) is 119 cm³/mol. The maximum atomic E-state index is 13.3. The number of carbonyl (C=O) groups excluding carboxylic acids is 2. The van der Waals surface area contributed by atoms with Crippen molar-refractivity contribution in [3.63, 3.8) is 0 Å². The molecule has 4 rings (SSSR count). The number of aromatic nitrogens is 2. The van der Waals surface area contributed by atoms with Crippen molar-refractivity contribution < 1.29 is 18.5 Å². The number of hydrogen-bond donors (Lipinski definition) is 2. The second-order valence-electron chi connectivity index (χ2n) is 7.51. The Bertz CT molecular complexity index is 1310. The van der Waals surface area contributed by atoms with Gasteiger partial charge in [-0.05, 0) is 62.2 Å². The van der Waals surface area contributed by atoms with Crippen LogP contribution in [0.5, 0.6) is 0 Å². The van der Waals surface area contributed by atoms with Gasteiger partial charge in [0, 0.05) is 11.3 Å². The molecule has 0 atom stereocenters. The third kappa shape index (κ3) is 4.20. The van der Waals surface area contributed by atoms with Gasteiger partial charge in [-0.25, -0.2) is 9.37 Å². The van der Waals surface area contributed by atoms with Crippen molar-refractivity contribution in [3.8, 4) is 11.3 Å². The van der Waals surface area contributed by atoms with Crippen LogP contribution < -0.4 is 10.6 Å². The van der Waals surface area contributed by atoms with Gasteiger partial charge in [0.1, 0.15) is 5.82 Å². The molecular formula is C24H21FN4O3. The minimum absolute atomic E-state index is 0.189. The van der Waals surface area contributed by atoms with E-state index in [0.717, 1.165) is 16.8 Å². The van der Waals surface area contributed by atoms with E-state index in [0.29, 0.717) is 22.3 Å². The highest BCUT2D eigenvalue weighted by Crippen LogP contribution is 2.27. The summed E-state index contributed by atoms with van der Waals surface area (Å²) in [5, 5.41) is 9.85. The molecule has 2 amide bonds. The first-order valence-corrected chi connectivity index (χ1v) is 10.0. The van der Waals surface area contributed by atoms with Crippen LogP contribution in [0.25, 0.3) is 22.4 Å². The number of aryl methyl sites for hydroxylation is 3. The van der Waals surface area contributed by atoms with Crippen LogP contribution >= 0.6 is 0 Å². The Labute approximate surface area is 183 Å².